The molecule has 2 heterocycles. The van der Waals surface area contributed by atoms with E-state index in [0.29, 0.717) is 0 Å². The van der Waals surface area contributed by atoms with Gasteiger partial charge in [0.15, 0.2) is 0 Å². The topological polar surface area (TPSA) is 88.8 Å². The van der Waals surface area contributed by atoms with Gasteiger partial charge in [-0.05, 0) is 33.8 Å². The van der Waals surface area contributed by atoms with Crippen LogP contribution >= 0.6 is 0 Å². The van der Waals surface area contributed by atoms with E-state index in [-0.39, 0.29) is 30.3 Å². The number of nitro groups is 1. The zero-order chi connectivity index (χ0) is 20.6. The number of piperazine rings is 1. The van der Waals surface area contributed by atoms with Crippen LogP contribution in [0.3, 0.4) is 0 Å². The van der Waals surface area contributed by atoms with Crippen molar-refractivity contribution in [1.82, 2.24) is 9.88 Å². The van der Waals surface area contributed by atoms with Crippen molar-refractivity contribution in [2.45, 2.75) is 45.5 Å². The summed E-state index contributed by atoms with van der Waals surface area (Å²) in [7, 11) is 0. The van der Waals surface area contributed by atoms with E-state index in [4.69, 9.17) is 4.74 Å². The molecule has 1 atom stereocenters. The Bertz CT molecular complexity index is 733. The fourth-order valence-electron chi connectivity index (χ4n) is 2.72. The predicted octanol–water partition coefficient (Wildman–Crippen LogP) is 3.29. The Balaban J connectivity index is 2.27. The Labute approximate surface area is 154 Å². The van der Waals surface area contributed by atoms with Crippen LogP contribution in [0.4, 0.5) is 29.5 Å². The van der Waals surface area contributed by atoms with Gasteiger partial charge in [-0.25, -0.2) is 9.78 Å². The molecule has 2 rings (SSSR count). The van der Waals surface area contributed by atoms with Crippen LogP contribution in [0.15, 0.2) is 12.1 Å². The Kier molecular flexibility index (Phi) is 5.52. The van der Waals surface area contributed by atoms with Gasteiger partial charge in [-0.1, -0.05) is 0 Å². The quantitative estimate of drug-likeness (QED) is 0.569. The maximum absolute atomic E-state index is 13.6. The number of anilines is 1. The molecule has 0 radical (unpaired) electrons. The lowest BCUT2D eigenvalue weighted by atomic mass is 10.1. The number of carbonyl (C=O) groups excluding carboxylic acids is 1. The molecular weight excluding hydrogens is 369 g/mol. The summed E-state index contributed by atoms with van der Waals surface area (Å²) >= 11 is 0. The minimum Gasteiger partial charge on any atom is -0.444 e. The molecule has 0 aliphatic carbocycles. The van der Waals surface area contributed by atoms with Gasteiger partial charge >= 0.3 is 12.3 Å². The third kappa shape index (κ3) is 4.98. The molecule has 1 fully saturated rings. The number of amides is 1. The Morgan fingerprint density at radius 2 is 1.93 bits per heavy atom. The fourth-order valence-corrected chi connectivity index (χ4v) is 2.72. The number of halogens is 3. The first-order chi connectivity index (χ1) is 12.3. The number of hydrogen-bond donors (Lipinski definition) is 0. The lowest BCUT2D eigenvalue weighted by Crippen LogP contribution is -2.61. The van der Waals surface area contributed by atoms with Crippen LogP contribution in [0.1, 0.15) is 26.5 Å². The van der Waals surface area contributed by atoms with Gasteiger partial charge in [-0.3, -0.25) is 10.1 Å². The minimum atomic E-state index is -4.63. The van der Waals surface area contributed by atoms with E-state index in [1.807, 2.05) is 0 Å². The SMILES string of the molecule is Cc1nc(N2CCN(C(=O)OC(C)(C)C)CC2C(F)(F)F)ccc1[N+](=O)[O-]. The Morgan fingerprint density at radius 3 is 2.41 bits per heavy atom. The molecule has 1 aliphatic heterocycles. The maximum Gasteiger partial charge on any atom is 0.410 e. The summed E-state index contributed by atoms with van der Waals surface area (Å²) in [5.74, 6) is -0.0238. The van der Waals surface area contributed by atoms with Crippen molar-refractivity contribution in [1.29, 1.82) is 0 Å². The van der Waals surface area contributed by atoms with E-state index in [2.05, 4.69) is 4.98 Å². The summed E-state index contributed by atoms with van der Waals surface area (Å²) in [4.78, 5) is 28.3. The maximum atomic E-state index is 13.6. The number of carbonyl (C=O) groups is 1. The van der Waals surface area contributed by atoms with Gasteiger partial charge in [0, 0.05) is 19.2 Å². The second-order valence-electron chi connectivity index (χ2n) is 7.21. The van der Waals surface area contributed by atoms with E-state index in [1.165, 1.54) is 13.0 Å². The van der Waals surface area contributed by atoms with Crippen molar-refractivity contribution in [2.75, 3.05) is 24.5 Å². The number of aryl methyl sites for hydroxylation is 1. The van der Waals surface area contributed by atoms with Crippen molar-refractivity contribution >= 4 is 17.6 Å². The average Bonchev–Trinajstić information content (AvgIpc) is 2.51. The second kappa shape index (κ2) is 7.20. The number of alkyl halides is 3. The van der Waals surface area contributed by atoms with Gasteiger partial charge in [0.1, 0.15) is 23.2 Å². The largest absolute Gasteiger partial charge is 0.444 e. The molecule has 0 aromatic carbocycles. The first-order valence-corrected chi connectivity index (χ1v) is 8.23. The highest BCUT2D eigenvalue weighted by Crippen LogP contribution is 2.32. The van der Waals surface area contributed by atoms with Gasteiger partial charge in [-0.2, -0.15) is 13.2 Å². The van der Waals surface area contributed by atoms with E-state index in [1.54, 1.807) is 20.8 Å². The highest BCUT2D eigenvalue weighted by Gasteiger charge is 2.48. The molecule has 150 valence electrons. The summed E-state index contributed by atoms with van der Waals surface area (Å²) in [6, 6.07) is 0.324. The van der Waals surface area contributed by atoms with E-state index in [0.717, 1.165) is 15.9 Å². The van der Waals surface area contributed by atoms with E-state index >= 15 is 0 Å². The third-order valence-corrected chi connectivity index (χ3v) is 3.94. The molecule has 1 aromatic rings. The van der Waals surface area contributed by atoms with E-state index < -0.39 is 35.4 Å². The average molecular weight is 390 g/mol. The molecular formula is C16H21F3N4O4. The van der Waals surface area contributed by atoms with Gasteiger partial charge in [0.2, 0.25) is 0 Å². The fraction of sp³-hybridized carbons (Fsp3) is 0.625. The van der Waals surface area contributed by atoms with Crippen LogP contribution in [0.25, 0.3) is 0 Å². The number of ether oxygens (including phenoxy) is 1. The zero-order valence-corrected chi connectivity index (χ0v) is 15.4. The molecule has 0 bridgehead atoms. The number of rotatable bonds is 2. The van der Waals surface area contributed by atoms with Crippen molar-refractivity contribution < 1.29 is 27.6 Å². The summed E-state index contributed by atoms with van der Waals surface area (Å²) in [6.07, 6.45) is -5.44. The van der Waals surface area contributed by atoms with Crippen molar-refractivity contribution in [3.8, 4) is 0 Å². The number of nitrogens with zero attached hydrogens (tertiary/aromatic N) is 4. The molecule has 1 amide bonds. The number of aromatic nitrogens is 1. The molecule has 27 heavy (non-hydrogen) atoms. The lowest BCUT2D eigenvalue weighted by Gasteiger charge is -2.42. The first-order valence-electron chi connectivity index (χ1n) is 8.23. The Hall–Kier alpha value is -2.59. The number of hydrogen-bond acceptors (Lipinski definition) is 6. The normalized spacial score (nSPS) is 18.4. The highest BCUT2D eigenvalue weighted by atomic mass is 19.4. The lowest BCUT2D eigenvalue weighted by molar-refractivity contribution is -0.385. The molecule has 1 saturated heterocycles. The molecule has 1 aliphatic rings. The smallest absolute Gasteiger partial charge is 0.410 e. The van der Waals surface area contributed by atoms with Crippen LogP contribution < -0.4 is 4.90 Å². The molecule has 0 N–H and O–H groups in total. The first kappa shape index (κ1) is 20.7. The van der Waals surface area contributed by atoms with Gasteiger partial charge in [0.05, 0.1) is 11.5 Å². The minimum absolute atomic E-state index is 0.0131. The van der Waals surface area contributed by atoms with Crippen LogP contribution in [0, 0.1) is 17.0 Å². The monoisotopic (exact) mass is 390 g/mol. The van der Waals surface area contributed by atoms with Gasteiger partial charge in [-0.15, -0.1) is 0 Å². The summed E-state index contributed by atoms with van der Waals surface area (Å²) < 4.78 is 46.0. The molecule has 1 aromatic heterocycles. The Morgan fingerprint density at radius 1 is 1.30 bits per heavy atom. The molecule has 0 spiro atoms. The van der Waals surface area contributed by atoms with Crippen molar-refractivity contribution in [2.24, 2.45) is 0 Å². The molecule has 8 nitrogen and oxygen atoms in total. The second-order valence-corrected chi connectivity index (χ2v) is 7.21. The van der Waals surface area contributed by atoms with Crippen LogP contribution in [0.2, 0.25) is 0 Å². The molecule has 0 saturated carbocycles. The highest BCUT2D eigenvalue weighted by molar-refractivity contribution is 5.69. The molecule has 11 heteroatoms. The van der Waals surface area contributed by atoms with Crippen LogP contribution in [-0.4, -0.2) is 58.4 Å². The standard InChI is InChI=1S/C16H21F3N4O4/c1-10-11(23(25)26)5-6-13(20-10)22-8-7-21(9-12(22)16(17,18)19)14(24)27-15(2,3)4/h5-6,12H,7-9H2,1-4H3. The summed E-state index contributed by atoms with van der Waals surface area (Å²) in [6.45, 7) is 5.52. The van der Waals surface area contributed by atoms with Crippen LogP contribution in [-0.2, 0) is 4.74 Å². The summed E-state index contributed by atoms with van der Waals surface area (Å²) in [5, 5.41) is 10.9. The van der Waals surface area contributed by atoms with Crippen molar-refractivity contribution in [3.63, 3.8) is 0 Å². The predicted molar refractivity (Wildman–Crippen MR) is 90.6 cm³/mol. The van der Waals surface area contributed by atoms with Crippen molar-refractivity contribution in [3.05, 3.63) is 27.9 Å². The van der Waals surface area contributed by atoms with Crippen LogP contribution in [0.5, 0.6) is 0 Å². The van der Waals surface area contributed by atoms with E-state index in [9.17, 15) is 28.1 Å². The van der Waals surface area contributed by atoms with Gasteiger partial charge in [0.25, 0.3) is 5.69 Å². The molecule has 1 unspecified atom stereocenters. The zero-order valence-electron chi connectivity index (χ0n) is 15.4. The number of pyridine rings is 1. The van der Waals surface area contributed by atoms with Gasteiger partial charge < -0.3 is 14.5 Å². The third-order valence-electron chi connectivity index (χ3n) is 3.94. The summed E-state index contributed by atoms with van der Waals surface area (Å²) in [5.41, 5.74) is -1.07.